The highest BCUT2D eigenvalue weighted by atomic mass is 32.2. The molecule has 1 aromatic rings. The predicted octanol–water partition coefficient (Wildman–Crippen LogP) is 2.37. The molecule has 1 aliphatic rings. The maximum atomic E-state index is 13.0. The van der Waals surface area contributed by atoms with Gasteiger partial charge >= 0.3 is 6.03 Å². The van der Waals surface area contributed by atoms with Crippen LogP contribution in [0.4, 0.5) is 4.79 Å². The van der Waals surface area contributed by atoms with Gasteiger partial charge in [0.25, 0.3) is 10.0 Å². The van der Waals surface area contributed by atoms with E-state index in [-0.39, 0.29) is 22.9 Å². The Labute approximate surface area is 174 Å². The van der Waals surface area contributed by atoms with Crippen LogP contribution >= 0.6 is 0 Å². The quantitative estimate of drug-likeness (QED) is 0.537. The summed E-state index contributed by atoms with van der Waals surface area (Å²) in [5.41, 5.74) is 0.939. The number of rotatable bonds is 10. The summed E-state index contributed by atoms with van der Waals surface area (Å²) >= 11 is 0. The molecular formula is C20H33N5O3S. The molecule has 2 amide bonds. The molecular weight excluding hydrogens is 390 g/mol. The van der Waals surface area contributed by atoms with Gasteiger partial charge in [-0.1, -0.05) is 32.4 Å². The van der Waals surface area contributed by atoms with Crippen LogP contribution in [0.1, 0.15) is 45.6 Å². The Hall–Kier alpha value is -2.29. The van der Waals surface area contributed by atoms with E-state index in [0.29, 0.717) is 32.6 Å². The third kappa shape index (κ3) is 5.85. The van der Waals surface area contributed by atoms with Gasteiger partial charge in [0.1, 0.15) is 0 Å². The van der Waals surface area contributed by atoms with Crippen molar-refractivity contribution in [1.29, 1.82) is 5.41 Å². The van der Waals surface area contributed by atoms with Crippen LogP contribution in [-0.4, -0.2) is 61.8 Å². The molecule has 1 saturated heterocycles. The molecule has 29 heavy (non-hydrogen) atoms. The number of unbranched alkanes of at least 4 members (excludes halogenated alkanes) is 1. The second-order valence-electron chi connectivity index (χ2n) is 7.33. The van der Waals surface area contributed by atoms with E-state index in [2.05, 4.69) is 17.6 Å². The van der Waals surface area contributed by atoms with Crippen molar-refractivity contribution in [3.63, 3.8) is 0 Å². The monoisotopic (exact) mass is 423 g/mol. The first kappa shape index (κ1) is 23.0. The molecule has 1 atom stereocenters. The summed E-state index contributed by atoms with van der Waals surface area (Å²) in [5.74, 6) is 0.0531. The van der Waals surface area contributed by atoms with Gasteiger partial charge in [0.2, 0.25) is 5.96 Å². The minimum Gasteiger partial charge on any atom is -0.338 e. The maximum absolute atomic E-state index is 13.0. The fourth-order valence-corrected chi connectivity index (χ4v) is 4.70. The molecule has 8 nitrogen and oxygen atoms in total. The van der Waals surface area contributed by atoms with Crippen LogP contribution in [0.2, 0.25) is 0 Å². The van der Waals surface area contributed by atoms with E-state index in [0.717, 1.165) is 24.8 Å². The lowest BCUT2D eigenvalue weighted by Crippen LogP contribution is -2.38. The SMILES string of the molecule is CCCCN1C(=N)N(S(=O)(=O)c2ccc(CCNC(=O)NCCC)cc2)CC1C. The minimum absolute atomic E-state index is 0.00646. The van der Waals surface area contributed by atoms with Gasteiger partial charge in [-0.15, -0.1) is 0 Å². The summed E-state index contributed by atoms with van der Waals surface area (Å²) in [6, 6.07) is 6.48. The molecule has 2 rings (SSSR count). The Kier molecular flexibility index (Phi) is 8.31. The van der Waals surface area contributed by atoms with Gasteiger partial charge in [-0.3, -0.25) is 5.41 Å². The van der Waals surface area contributed by atoms with Gasteiger partial charge in [0, 0.05) is 25.7 Å². The lowest BCUT2D eigenvalue weighted by Gasteiger charge is -2.23. The fraction of sp³-hybridized carbons (Fsp3) is 0.600. The number of carbonyl (C=O) groups is 1. The normalized spacial score (nSPS) is 16.9. The van der Waals surface area contributed by atoms with E-state index in [1.165, 1.54) is 4.31 Å². The molecule has 0 aliphatic carbocycles. The molecule has 9 heteroatoms. The summed E-state index contributed by atoms with van der Waals surface area (Å²) in [7, 11) is -3.75. The van der Waals surface area contributed by atoms with E-state index in [9.17, 15) is 13.2 Å². The summed E-state index contributed by atoms with van der Waals surface area (Å²) in [6.45, 7) is 8.12. The molecule has 3 N–H and O–H groups in total. The highest BCUT2D eigenvalue weighted by Gasteiger charge is 2.39. The summed E-state index contributed by atoms with van der Waals surface area (Å²) in [4.78, 5) is 13.6. The Bertz CT molecular complexity index is 795. The molecule has 0 saturated carbocycles. The highest BCUT2D eigenvalue weighted by molar-refractivity contribution is 7.89. The van der Waals surface area contributed by atoms with Crippen molar-refractivity contribution in [1.82, 2.24) is 19.8 Å². The molecule has 0 bridgehead atoms. The first-order valence-electron chi connectivity index (χ1n) is 10.3. The topological polar surface area (TPSA) is 106 Å². The first-order valence-corrected chi connectivity index (χ1v) is 11.7. The molecule has 0 spiro atoms. The van der Waals surface area contributed by atoms with Crippen molar-refractivity contribution in [2.75, 3.05) is 26.2 Å². The Morgan fingerprint density at radius 1 is 1.14 bits per heavy atom. The third-order valence-electron chi connectivity index (χ3n) is 4.97. The average molecular weight is 424 g/mol. The molecule has 1 unspecified atom stereocenters. The Morgan fingerprint density at radius 2 is 1.79 bits per heavy atom. The van der Waals surface area contributed by atoms with E-state index in [1.807, 2.05) is 18.7 Å². The van der Waals surface area contributed by atoms with Crippen LogP contribution in [0.3, 0.4) is 0 Å². The van der Waals surface area contributed by atoms with Gasteiger partial charge in [-0.05, 0) is 43.9 Å². The number of guanidine groups is 1. The first-order chi connectivity index (χ1) is 13.8. The number of sulfonamides is 1. The van der Waals surface area contributed by atoms with Crippen LogP contribution in [0, 0.1) is 5.41 Å². The van der Waals surface area contributed by atoms with Crippen molar-refractivity contribution in [2.45, 2.75) is 57.4 Å². The van der Waals surface area contributed by atoms with Gasteiger partial charge in [-0.2, -0.15) is 0 Å². The Morgan fingerprint density at radius 3 is 2.41 bits per heavy atom. The molecule has 162 valence electrons. The van der Waals surface area contributed by atoms with E-state index < -0.39 is 10.0 Å². The van der Waals surface area contributed by atoms with Crippen molar-refractivity contribution in [3.05, 3.63) is 29.8 Å². The molecule has 1 aliphatic heterocycles. The van der Waals surface area contributed by atoms with E-state index >= 15 is 0 Å². The predicted molar refractivity (Wildman–Crippen MR) is 115 cm³/mol. The van der Waals surface area contributed by atoms with Crippen LogP contribution in [0.25, 0.3) is 0 Å². The maximum Gasteiger partial charge on any atom is 0.314 e. The van der Waals surface area contributed by atoms with Crippen LogP contribution in [0.15, 0.2) is 29.2 Å². The minimum atomic E-state index is -3.75. The largest absolute Gasteiger partial charge is 0.338 e. The molecule has 1 aromatic carbocycles. The second-order valence-corrected chi connectivity index (χ2v) is 9.19. The van der Waals surface area contributed by atoms with Gasteiger partial charge < -0.3 is 15.5 Å². The van der Waals surface area contributed by atoms with Crippen molar-refractivity contribution < 1.29 is 13.2 Å². The Balaban J connectivity index is 1.98. The fourth-order valence-electron chi connectivity index (χ4n) is 3.22. The lowest BCUT2D eigenvalue weighted by atomic mass is 10.1. The second kappa shape index (κ2) is 10.5. The standard InChI is InChI=1S/C20H33N5O3S/c1-4-6-14-24-16(3)15-25(19(24)21)29(27,28)18-9-7-17(8-10-18)11-13-23-20(26)22-12-5-2/h7-10,16,21H,4-6,11-15H2,1-3H3,(H2,22,23,26). The van der Waals surface area contributed by atoms with Crippen LogP contribution < -0.4 is 10.6 Å². The van der Waals surface area contributed by atoms with E-state index in [4.69, 9.17) is 5.41 Å². The smallest absolute Gasteiger partial charge is 0.314 e. The van der Waals surface area contributed by atoms with Gasteiger partial charge in [0.05, 0.1) is 11.4 Å². The molecule has 0 radical (unpaired) electrons. The molecule has 0 aromatic heterocycles. The number of urea groups is 1. The number of nitrogens with zero attached hydrogens (tertiary/aromatic N) is 2. The third-order valence-corrected chi connectivity index (χ3v) is 6.74. The number of hydrogen-bond acceptors (Lipinski definition) is 4. The van der Waals surface area contributed by atoms with Crippen LogP contribution in [0.5, 0.6) is 0 Å². The van der Waals surface area contributed by atoms with E-state index in [1.54, 1.807) is 24.3 Å². The molecule has 1 fully saturated rings. The van der Waals surface area contributed by atoms with Gasteiger partial charge in [0.15, 0.2) is 0 Å². The zero-order valence-corrected chi connectivity index (χ0v) is 18.4. The molecule has 1 heterocycles. The van der Waals surface area contributed by atoms with Gasteiger partial charge in [-0.25, -0.2) is 17.5 Å². The number of carbonyl (C=O) groups excluding carboxylic acids is 1. The zero-order valence-electron chi connectivity index (χ0n) is 17.6. The zero-order chi connectivity index (χ0) is 21.4. The number of benzene rings is 1. The summed E-state index contributed by atoms with van der Waals surface area (Å²) in [6.07, 6.45) is 3.42. The summed E-state index contributed by atoms with van der Waals surface area (Å²) in [5, 5.41) is 13.8. The number of hydrogen-bond donors (Lipinski definition) is 3. The lowest BCUT2D eigenvalue weighted by molar-refractivity contribution is 0.241. The van der Waals surface area contributed by atoms with Crippen LogP contribution in [-0.2, 0) is 16.4 Å². The number of amides is 2. The van der Waals surface area contributed by atoms with Crippen molar-refractivity contribution in [2.24, 2.45) is 0 Å². The number of nitrogens with one attached hydrogen (secondary N) is 3. The van der Waals surface area contributed by atoms with Crippen molar-refractivity contribution in [3.8, 4) is 0 Å². The van der Waals surface area contributed by atoms with Crippen molar-refractivity contribution >= 4 is 22.0 Å². The highest BCUT2D eigenvalue weighted by Crippen LogP contribution is 2.24. The summed E-state index contributed by atoms with van der Waals surface area (Å²) < 4.78 is 27.2. The average Bonchev–Trinajstić information content (AvgIpc) is 2.99.